The van der Waals surface area contributed by atoms with Crippen LogP contribution in [0.1, 0.15) is 27.9 Å². The number of nitrogens with zero attached hydrogens (tertiary/aromatic N) is 1. The lowest BCUT2D eigenvalue weighted by molar-refractivity contribution is -0.00160. The van der Waals surface area contributed by atoms with Crippen LogP contribution in [0.5, 0.6) is 5.75 Å². The number of ether oxygens (including phenoxy) is 1. The zero-order chi connectivity index (χ0) is 16.3. The quantitative estimate of drug-likeness (QED) is 0.908. The molecule has 5 heteroatoms. The van der Waals surface area contributed by atoms with Crippen molar-refractivity contribution in [1.82, 2.24) is 5.32 Å². The largest absolute Gasteiger partial charge is 0.493 e. The van der Waals surface area contributed by atoms with Gasteiger partial charge >= 0.3 is 0 Å². The Kier molecular flexibility index (Phi) is 4.00. The highest BCUT2D eigenvalue weighted by atomic mass is 16.5. The summed E-state index contributed by atoms with van der Waals surface area (Å²) in [5.41, 5.74) is 0.343. The van der Waals surface area contributed by atoms with Crippen molar-refractivity contribution < 1.29 is 14.6 Å². The molecule has 0 radical (unpaired) electrons. The van der Waals surface area contributed by atoms with Crippen LogP contribution in [0, 0.1) is 11.3 Å². The second kappa shape index (κ2) is 6.11. The Hall–Kier alpha value is -2.84. The first-order chi connectivity index (χ1) is 11.1. The Bertz CT molecular complexity index is 782. The fourth-order valence-corrected chi connectivity index (χ4v) is 2.68. The van der Waals surface area contributed by atoms with E-state index in [0.29, 0.717) is 35.5 Å². The lowest BCUT2D eigenvalue weighted by atomic mass is 9.88. The molecule has 1 amide bonds. The average molecular weight is 308 g/mol. The van der Waals surface area contributed by atoms with Crippen LogP contribution >= 0.6 is 0 Å². The first-order valence-electron chi connectivity index (χ1n) is 7.35. The molecule has 0 aromatic heterocycles. The molecular weight excluding hydrogens is 292 g/mol. The van der Waals surface area contributed by atoms with E-state index in [2.05, 4.69) is 5.32 Å². The van der Waals surface area contributed by atoms with Crippen molar-refractivity contribution in [2.75, 3.05) is 13.2 Å². The number of nitrogens with one attached hydrogen (secondary N) is 1. The number of hydrogen-bond donors (Lipinski definition) is 2. The SMILES string of the molecule is N#Cc1cccc(C(=O)NCC2(O)CCOc3ccccc32)c1. The molecule has 2 N–H and O–H groups in total. The Balaban J connectivity index is 1.75. The zero-order valence-corrected chi connectivity index (χ0v) is 12.5. The van der Waals surface area contributed by atoms with Crippen LogP contribution in [0.15, 0.2) is 48.5 Å². The van der Waals surface area contributed by atoms with E-state index in [9.17, 15) is 9.90 Å². The van der Waals surface area contributed by atoms with Gasteiger partial charge in [-0.1, -0.05) is 24.3 Å². The molecule has 1 unspecified atom stereocenters. The Labute approximate surface area is 134 Å². The number of hydrogen-bond acceptors (Lipinski definition) is 4. The van der Waals surface area contributed by atoms with E-state index in [-0.39, 0.29) is 12.5 Å². The Morgan fingerprint density at radius 1 is 1.30 bits per heavy atom. The fraction of sp³-hybridized carbons (Fsp3) is 0.222. The van der Waals surface area contributed by atoms with Gasteiger partial charge in [-0.15, -0.1) is 0 Å². The summed E-state index contributed by atoms with van der Waals surface area (Å²) in [7, 11) is 0. The third-order valence-corrected chi connectivity index (χ3v) is 3.96. The van der Waals surface area contributed by atoms with E-state index < -0.39 is 5.60 Å². The Morgan fingerprint density at radius 3 is 2.96 bits per heavy atom. The van der Waals surface area contributed by atoms with Crippen LogP contribution in [0.25, 0.3) is 0 Å². The summed E-state index contributed by atoms with van der Waals surface area (Å²) in [5, 5.41) is 22.5. The van der Waals surface area contributed by atoms with Gasteiger partial charge in [0.2, 0.25) is 0 Å². The Morgan fingerprint density at radius 2 is 2.13 bits per heavy atom. The van der Waals surface area contributed by atoms with Gasteiger partial charge in [-0.2, -0.15) is 5.26 Å². The maximum atomic E-state index is 12.2. The molecule has 0 bridgehead atoms. The molecule has 116 valence electrons. The van der Waals surface area contributed by atoms with Crippen LogP contribution in [-0.2, 0) is 5.60 Å². The van der Waals surface area contributed by atoms with Crippen molar-refractivity contribution in [3.05, 3.63) is 65.2 Å². The summed E-state index contributed by atoms with van der Waals surface area (Å²) >= 11 is 0. The van der Waals surface area contributed by atoms with Gasteiger partial charge in [0.05, 0.1) is 24.8 Å². The van der Waals surface area contributed by atoms with Gasteiger partial charge in [-0.05, 0) is 24.3 Å². The van der Waals surface area contributed by atoms with E-state index in [1.807, 2.05) is 18.2 Å². The van der Waals surface area contributed by atoms with E-state index >= 15 is 0 Å². The predicted molar refractivity (Wildman–Crippen MR) is 83.9 cm³/mol. The number of nitriles is 1. The highest BCUT2D eigenvalue weighted by molar-refractivity contribution is 5.94. The molecule has 1 aliphatic heterocycles. The van der Waals surface area contributed by atoms with Crippen LogP contribution in [-0.4, -0.2) is 24.2 Å². The lowest BCUT2D eigenvalue weighted by Gasteiger charge is -2.34. The first-order valence-corrected chi connectivity index (χ1v) is 7.35. The van der Waals surface area contributed by atoms with Crippen molar-refractivity contribution in [1.29, 1.82) is 5.26 Å². The summed E-state index contributed by atoms with van der Waals surface area (Å²) in [5.74, 6) is 0.321. The first kappa shape index (κ1) is 15.1. The molecule has 5 nitrogen and oxygen atoms in total. The summed E-state index contributed by atoms with van der Waals surface area (Å²) in [6.07, 6.45) is 0.405. The molecule has 1 heterocycles. The van der Waals surface area contributed by atoms with Gasteiger partial charge in [0, 0.05) is 17.5 Å². The van der Waals surface area contributed by atoms with E-state index in [0.717, 1.165) is 0 Å². The molecule has 23 heavy (non-hydrogen) atoms. The number of amides is 1. The van der Waals surface area contributed by atoms with Crippen LogP contribution in [0.2, 0.25) is 0 Å². The zero-order valence-electron chi connectivity index (χ0n) is 12.5. The third-order valence-electron chi connectivity index (χ3n) is 3.96. The van der Waals surface area contributed by atoms with Crippen molar-refractivity contribution >= 4 is 5.91 Å². The summed E-state index contributed by atoms with van der Waals surface area (Å²) < 4.78 is 5.53. The van der Waals surface area contributed by atoms with Crippen LogP contribution < -0.4 is 10.1 Å². The minimum absolute atomic E-state index is 0.0863. The summed E-state index contributed by atoms with van der Waals surface area (Å²) in [6.45, 7) is 0.482. The van der Waals surface area contributed by atoms with Gasteiger partial charge in [0.25, 0.3) is 5.91 Å². The number of para-hydroxylation sites is 1. The molecule has 0 aliphatic carbocycles. The van der Waals surface area contributed by atoms with Gasteiger partial charge < -0.3 is 15.2 Å². The van der Waals surface area contributed by atoms with Gasteiger partial charge in [-0.25, -0.2) is 0 Å². The standard InChI is InChI=1S/C18H16N2O3/c19-11-13-4-3-5-14(10-13)17(21)20-12-18(22)8-9-23-16-7-2-1-6-15(16)18/h1-7,10,22H,8-9,12H2,(H,20,21). The molecule has 0 saturated heterocycles. The number of benzene rings is 2. The smallest absolute Gasteiger partial charge is 0.251 e. The monoisotopic (exact) mass is 308 g/mol. The predicted octanol–water partition coefficient (Wildman–Crippen LogP) is 1.96. The van der Waals surface area contributed by atoms with E-state index in [4.69, 9.17) is 10.00 Å². The molecule has 2 aromatic rings. The van der Waals surface area contributed by atoms with Crippen LogP contribution in [0.4, 0.5) is 0 Å². The lowest BCUT2D eigenvalue weighted by Crippen LogP contribution is -2.43. The molecule has 1 aliphatic rings. The van der Waals surface area contributed by atoms with Crippen LogP contribution in [0.3, 0.4) is 0 Å². The highest BCUT2D eigenvalue weighted by Crippen LogP contribution is 2.36. The van der Waals surface area contributed by atoms with Gasteiger partial charge in [0.1, 0.15) is 11.4 Å². The van der Waals surface area contributed by atoms with Crippen molar-refractivity contribution in [3.8, 4) is 11.8 Å². The second-order valence-corrected chi connectivity index (χ2v) is 5.50. The van der Waals surface area contributed by atoms with E-state index in [1.165, 1.54) is 6.07 Å². The summed E-state index contributed by atoms with van der Waals surface area (Å²) in [6, 6.07) is 15.7. The summed E-state index contributed by atoms with van der Waals surface area (Å²) in [4.78, 5) is 12.2. The van der Waals surface area contributed by atoms with Crippen molar-refractivity contribution in [3.63, 3.8) is 0 Å². The third kappa shape index (κ3) is 3.03. The average Bonchev–Trinajstić information content (AvgIpc) is 2.60. The van der Waals surface area contributed by atoms with Crippen molar-refractivity contribution in [2.45, 2.75) is 12.0 Å². The number of aliphatic hydroxyl groups is 1. The second-order valence-electron chi connectivity index (χ2n) is 5.50. The van der Waals surface area contributed by atoms with Gasteiger partial charge in [-0.3, -0.25) is 4.79 Å². The number of carbonyl (C=O) groups is 1. The minimum Gasteiger partial charge on any atom is -0.493 e. The molecule has 1 atom stereocenters. The normalized spacial score (nSPS) is 19.1. The maximum Gasteiger partial charge on any atom is 0.251 e. The molecule has 3 rings (SSSR count). The molecule has 0 saturated carbocycles. The highest BCUT2D eigenvalue weighted by Gasteiger charge is 2.35. The fourth-order valence-electron chi connectivity index (χ4n) is 2.68. The molecule has 0 fully saturated rings. The molecule has 2 aromatic carbocycles. The topological polar surface area (TPSA) is 82.4 Å². The number of carbonyl (C=O) groups excluding carboxylic acids is 1. The molecule has 0 spiro atoms. The van der Waals surface area contributed by atoms with E-state index in [1.54, 1.807) is 30.3 Å². The maximum absolute atomic E-state index is 12.2. The van der Waals surface area contributed by atoms with Crippen molar-refractivity contribution in [2.24, 2.45) is 0 Å². The van der Waals surface area contributed by atoms with Gasteiger partial charge in [0.15, 0.2) is 0 Å². The molecular formula is C18H16N2O3. The number of fused-ring (bicyclic) bond motifs is 1. The minimum atomic E-state index is -1.16. The number of rotatable bonds is 3.